The van der Waals surface area contributed by atoms with E-state index in [1.54, 1.807) is 6.56 Å². The van der Waals surface area contributed by atoms with Crippen LogP contribution in [0.25, 0.3) is 0 Å². The molecule has 77 valence electrons. The van der Waals surface area contributed by atoms with Crippen LogP contribution in [0.5, 0.6) is 0 Å². The second kappa shape index (κ2) is 3.17. The molecule has 0 saturated carbocycles. The molecule has 0 bridgehead atoms. The maximum atomic E-state index is 2.55. The van der Waals surface area contributed by atoms with E-state index in [1.165, 1.54) is 12.8 Å². The molecule has 1 heteroatoms. The summed E-state index contributed by atoms with van der Waals surface area (Å²) >= 11 is -2.65. The van der Waals surface area contributed by atoms with Crippen LogP contribution in [0.1, 0.15) is 15.7 Å². The van der Waals surface area contributed by atoms with Crippen molar-refractivity contribution in [2.24, 2.45) is 0 Å². The predicted molar refractivity (Wildman–Crippen MR) is 63.5 cm³/mol. The summed E-state index contributed by atoms with van der Waals surface area (Å²) < 4.78 is 11.1. The maximum absolute atomic E-state index is 2.65. The molecule has 0 saturated heterocycles. The summed E-state index contributed by atoms with van der Waals surface area (Å²) in [6.07, 6.45) is 16.2. The van der Waals surface area contributed by atoms with E-state index < -0.39 is 18.8 Å². The Morgan fingerprint density at radius 1 is 0.929 bits per heavy atom. The van der Waals surface area contributed by atoms with Crippen LogP contribution in [0.4, 0.5) is 0 Å². The molecule has 14 heavy (non-hydrogen) atoms. The molecular formula is C13H21Zr. The van der Waals surface area contributed by atoms with Crippen molar-refractivity contribution < 1.29 is 21.6 Å². The van der Waals surface area contributed by atoms with Gasteiger partial charge in [-0.05, 0) is 0 Å². The SMILES string of the molecule is [CH3][Zr+2]([CH3])([CH3])([C]1=CC=CC1)[C]1=CC=CC1.[H-].[H-]. The molecule has 2 aliphatic carbocycles. The van der Waals surface area contributed by atoms with Gasteiger partial charge in [0.05, 0.1) is 0 Å². The van der Waals surface area contributed by atoms with Crippen LogP contribution in [0.2, 0.25) is 13.9 Å². The Labute approximate surface area is 91.2 Å². The molecule has 0 unspecified atom stereocenters. The van der Waals surface area contributed by atoms with Crippen LogP contribution in [-0.4, -0.2) is 0 Å². The Morgan fingerprint density at radius 3 is 1.64 bits per heavy atom. The minimum Gasteiger partial charge on any atom is -1.00 e. The smallest absolute Gasteiger partial charge is 1.00 e. The summed E-state index contributed by atoms with van der Waals surface area (Å²) in [4.78, 5) is 0. The van der Waals surface area contributed by atoms with E-state index in [0.29, 0.717) is 0 Å². The fourth-order valence-electron chi connectivity index (χ4n) is 2.40. The second-order valence-corrected chi connectivity index (χ2v) is 24.3. The average molecular weight is 269 g/mol. The van der Waals surface area contributed by atoms with E-state index in [4.69, 9.17) is 0 Å². The predicted octanol–water partition coefficient (Wildman–Crippen LogP) is 4.73. The Balaban J connectivity index is 0.00000112. The number of allylic oxidation sites excluding steroid dienone is 8. The van der Waals surface area contributed by atoms with Crippen LogP contribution in [0.3, 0.4) is 0 Å². The van der Waals surface area contributed by atoms with Gasteiger partial charge in [-0.25, -0.2) is 0 Å². The zero-order valence-electron chi connectivity index (χ0n) is 11.4. The van der Waals surface area contributed by atoms with Crippen molar-refractivity contribution in [2.45, 2.75) is 26.7 Å². The minimum atomic E-state index is -2.65. The molecule has 0 amide bonds. The first-order valence-corrected chi connectivity index (χ1v) is 15.3. The topological polar surface area (TPSA) is 0 Å². The first-order valence-electron chi connectivity index (χ1n) is 5.43. The van der Waals surface area contributed by atoms with Crippen molar-refractivity contribution in [2.75, 3.05) is 0 Å². The van der Waals surface area contributed by atoms with Crippen molar-refractivity contribution in [1.29, 1.82) is 0 Å². The first-order chi connectivity index (χ1) is 6.49. The Hall–Kier alpha value is -0.157. The van der Waals surface area contributed by atoms with Crippen molar-refractivity contribution in [3.63, 3.8) is 0 Å². The summed E-state index contributed by atoms with van der Waals surface area (Å²) in [6, 6.07) is 0. The molecule has 0 aromatic rings. The molecule has 2 aliphatic rings. The summed E-state index contributed by atoms with van der Waals surface area (Å²) in [5.74, 6) is 0. The van der Waals surface area contributed by atoms with Crippen LogP contribution < -0.4 is 0 Å². The summed E-state index contributed by atoms with van der Waals surface area (Å²) in [6.45, 7) is 0. The third kappa shape index (κ3) is 1.56. The molecular weight excluding hydrogens is 247 g/mol. The van der Waals surface area contributed by atoms with E-state index in [2.05, 4.69) is 50.4 Å². The average Bonchev–Trinajstić information content (AvgIpc) is 2.78. The third-order valence-electron chi connectivity index (χ3n) is 3.79. The molecule has 0 atom stereocenters. The molecule has 0 N–H and O–H groups in total. The van der Waals surface area contributed by atoms with Crippen molar-refractivity contribution in [3.05, 3.63) is 43.0 Å². The van der Waals surface area contributed by atoms with Gasteiger partial charge in [0.25, 0.3) is 0 Å². The fourth-order valence-corrected chi connectivity index (χ4v) is 10.8. The van der Waals surface area contributed by atoms with Gasteiger partial charge in [-0.3, -0.25) is 0 Å². The molecule has 2 rings (SSSR count). The summed E-state index contributed by atoms with van der Waals surface area (Å²) in [5.41, 5.74) is 0. The van der Waals surface area contributed by atoms with Crippen molar-refractivity contribution in [1.82, 2.24) is 0 Å². The first kappa shape index (κ1) is 10.4. The zero-order valence-corrected chi connectivity index (χ0v) is 11.8. The van der Waals surface area contributed by atoms with Gasteiger partial charge in [0, 0.05) is 0 Å². The molecule has 0 spiro atoms. The van der Waals surface area contributed by atoms with Crippen LogP contribution in [-0.2, 0) is 18.8 Å². The van der Waals surface area contributed by atoms with E-state index in [1.807, 2.05) is 0 Å². The number of hydrogen-bond donors (Lipinski definition) is 0. The Bertz CT molecular complexity index is 344. The van der Waals surface area contributed by atoms with Gasteiger partial charge in [-0.2, -0.15) is 0 Å². The van der Waals surface area contributed by atoms with Crippen LogP contribution in [0.15, 0.2) is 43.0 Å². The molecule has 0 fully saturated rings. The van der Waals surface area contributed by atoms with Crippen LogP contribution in [0, 0.1) is 0 Å². The van der Waals surface area contributed by atoms with Gasteiger partial charge >= 0.3 is 88.5 Å². The normalized spacial score (nSPS) is 21.4. The quantitative estimate of drug-likeness (QED) is 0.679. The largest absolute Gasteiger partial charge is 1.00 e. The molecule has 0 aliphatic heterocycles. The van der Waals surface area contributed by atoms with E-state index in [-0.39, 0.29) is 2.85 Å². The van der Waals surface area contributed by atoms with E-state index in [0.717, 1.165) is 0 Å². The van der Waals surface area contributed by atoms with E-state index >= 15 is 0 Å². The Kier molecular flexibility index (Phi) is 2.35. The molecule has 0 nitrogen and oxygen atoms in total. The molecule has 0 aromatic heterocycles. The fraction of sp³-hybridized carbons (Fsp3) is 0.385. The van der Waals surface area contributed by atoms with Gasteiger partial charge in [-0.15, -0.1) is 0 Å². The monoisotopic (exact) mass is 267 g/mol. The second-order valence-electron chi connectivity index (χ2n) is 5.77. The van der Waals surface area contributed by atoms with Gasteiger partial charge in [0.1, 0.15) is 0 Å². The molecule has 0 aromatic carbocycles. The number of hydrogen-bond acceptors (Lipinski definition) is 0. The zero-order chi connectivity index (χ0) is 10.3. The number of rotatable bonds is 2. The Morgan fingerprint density at radius 2 is 1.36 bits per heavy atom. The molecule has 0 radical (unpaired) electrons. The van der Waals surface area contributed by atoms with Crippen molar-refractivity contribution >= 4 is 0 Å². The minimum absolute atomic E-state index is 0. The van der Waals surface area contributed by atoms with Gasteiger partial charge in [-0.1, -0.05) is 0 Å². The van der Waals surface area contributed by atoms with Crippen molar-refractivity contribution in [3.8, 4) is 0 Å². The maximum Gasteiger partial charge on any atom is -1.00 e. The summed E-state index contributed by atoms with van der Waals surface area (Å²) in [7, 11) is 0. The summed E-state index contributed by atoms with van der Waals surface area (Å²) in [5, 5.41) is 0. The molecule has 0 heterocycles. The van der Waals surface area contributed by atoms with Gasteiger partial charge in [0.2, 0.25) is 0 Å². The van der Waals surface area contributed by atoms with Gasteiger partial charge < -0.3 is 2.85 Å². The van der Waals surface area contributed by atoms with E-state index in [9.17, 15) is 0 Å². The third-order valence-corrected chi connectivity index (χ3v) is 16.7. The van der Waals surface area contributed by atoms with Crippen LogP contribution >= 0.6 is 0 Å². The van der Waals surface area contributed by atoms with Gasteiger partial charge in [0.15, 0.2) is 0 Å². The standard InChI is InChI=1S/2C5H5.3CH3.Zr.2H/c2*1-2-4-5-3-1;;;;;;/h2*1-3H,4H2;3*1H3;;;/q;;;;;+2;2*-1.